The number of cyclic esters (lactones) is 2. The molecule has 3 fully saturated rings. The van der Waals surface area contributed by atoms with E-state index in [9.17, 15) is 19.8 Å². The summed E-state index contributed by atoms with van der Waals surface area (Å²) in [5, 5.41) is 28.2. The predicted octanol–water partition coefficient (Wildman–Crippen LogP) is 8.41. The number of hydrogen-bond donors (Lipinski definition) is 4. The number of hydrogen-bond acceptors (Lipinski definition) is 8. The molecule has 2 saturated heterocycles. The van der Waals surface area contributed by atoms with Crippen LogP contribution in [0.25, 0.3) is 16.7 Å². The zero-order valence-electron chi connectivity index (χ0n) is 33.8. The van der Waals surface area contributed by atoms with Crippen molar-refractivity contribution < 1.29 is 29.3 Å². The van der Waals surface area contributed by atoms with E-state index in [1.165, 1.54) is 5.56 Å². The molecule has 10 rings (SSSR count). The van der Waals surface area contributed by atoms with Gasteiger partial charge in [-0.3, -0.25) is 0 Å². The number of ether oxygens (including phenoxy) is 2. The third-order valence-corrected chi connectivity index (χ3v) is 14.4. The van der Waals surface area contributed by atoms with Crippen molar-refractivity contribution >= 4 is 17.5 Å². The highest BCUT2D eigenvalue weighted by atomic mass is 16.5. The van der Waals surface area contributed by atoms with E-state index in [0.717, 1.165) is 91.6 Å². The first-order valence-corrected chi connectivity index (χ1v) is 21.6. The molecule has 8 heteroatoms. The molecule has 58 heavy (non-hydrogen) atoms. The van der Waals surface area contributed by atoms with Gasteiger partial charge in [-0.15, -0.1) is 0 Å². The molecule has 7 aliphatic rings. The van der Waals surface area contributed by atoms with Gasteiger partial charge in [-0.05, 0) is 171 Å². The molecule has 1 spiro atoms. The van der Waals surface area contributed by atoms with Crippen molar-refractivity contribution in [3.63, 3.8) is 0 Å². The van der Waals surface area contributed by atoms with Crippen LogP contribution >= 0.6 is 0 Å². The Labute approximate surface area is 342 Å². The number of aliphatic hydroxyl groups excluding tert-OH is 1. The van der Waals surface area contributed by atoms with E-state index in [4.69, 9.17) is 9.47 Å². The fraction of sp³-hybridized carbons (Fsp3) is 0.440. The number of rotatable bonds is 12. The first-order chi connectivity index (χ1) is 28.3. The number of aliphatic hydroxyl groups is 1. The van der Waals surface area contributed by atoms with Crippen molar-refractivity contribution in [3.8, 4) is 16.9 Å². The summed E-state index contributed by atoms with van der Waals surface area (Å²) in [6.07, 6.45) is 11.7. The van der Waals surface area contributed by atoms with Gasteiger partial charge in [0.05, 0.1) is 11.0 Å². The van der Waals surface area contributed by atoms with Gasteiger partial charge in [-0.1, -0.05) is 61.5 Å². The highest BCUT2D eigenvalue weighted by Crippen LogP contribution is 2.72. The van der Waals surface area contributed by atoms with Gasteiger partial charge in [0.2, 0.25) is 0 Å². The molecule has 8 nitrogen and oxygen atoms in total. The van der Waals surface area contributed by atoms with Crippen LogP contribution in [0.15, 0.2) is 113 Å². The third-order valence-electron chi connectivity index (χ3n) is 14.4. The van der Waals surface area contributed by atoms with E-state index >= 15 is 0 Å². The molecule has 3 aromatic rings. The largest absolute Gasteiger partial charge is 0.508 e. The molecule has 3 heterocycles. The number of carbonyl (C=O) groups excluding carboxylic acids is 2. The van der Waals surface area contributed by atoms with E-state index in [2.05, 4.69) is 78.2 Å². The molecular weight excluding hydrogens is 725 g/mol. The average molecular weight is 781 g/mol. The molecule has 6 atom stereocenters. The number of fused-ring (bicyclic) bond motifs is 1. The number of nitrogens with one attached hydrogen (secondary N) is 2. The van der Waals surface area contributed by atoms with Gasteiger partial charge in [0.25, 0.3) is 0 Å². The summed E-state index contributed by atoms with van der Waals surface area (Å²) in [5.74, 6) is 1.21. The van der Waals surface area contributed by atoms with Crippen molar-refractivity contribution in [1.29, 1.82) is 0 Å². The van der Waals surface area contributed by atoms with Crippen LogP contribution in [0.4, 0.5) is 0 Å². The number of allylic oxidation sites excluding steroid dienone is 5. The Hall–Kier alpha value is -4.76. The number of aromatic hydroxyl groups is 1. The van der Waals surface area contributed by atoms with Gasteiger partial charge in [0.15, 0.2) is 0 Å². The average Bonchev–Trinajstić information content (AvgIpc) is 3.73. The maximum absolute atomic E-state index is 14.8. The number of carbonyl (C=O) groups is 2. The molecule has 0 radical (unpaired) electrons. The molecule has 0 aromatic heterocycles. The highest BCUT2D eigenvalue weighted by molar-refractivity contribution is 6.07. The van der Waals surface area contributed by atoms with Crippen LogP contribution in [0.3, 0.4) is 0 Å². The third kappa shape index (κ3) is 6.67. The van der Waals surface area contributed by atoms with Gasteiger partial charge < -0.3 is 30.3 Å². The summed E-state index contributed by atoms with van der Waals surface area (Å²) < 4.78 is 12.8. The lowest BCUT2D eigenvalue weighted by molar-refractivity contribution is -0.135. The molecule has 6 unspecified atom stereocenters. The Kier molecular flexibility index (Phi) is 10.8. The van der Waals surface area contributed by atoms with Crippen molar-refractivity contribution in [2.75, 3.05) is 26.7 Å². The summed E-state index contributed by atoms with van der Waals surface area (Å²) >= 11 is 0. The summed E-state index contributed by atoms with van der Waals surface area (Å²) in [6, 6.07) is 24.4. The monoisotopic (exact) mass is 780 g/mol. The van der Waals surface area contributed by atoms with Crippen LogP contribution in [-0.2, 0) is 32.0 Å². The minimum Gasteiger partial charge on any atom is -0.508 e. The molecule has 0 amide bonds. The Morgan fingerprint density at radius 3 is 2.50 bits per heavy atom. The second-order valence-corrected chi connectivity index (χ2v) is 17.4. The van der Waals surface area contributed by atoms with Crippen LogP contribution in [0, 0.1) is 40.9 Å². The Bertz CT molecular complexity index is 2210. The number of benzene rings is 3. The molecule has 3 aromatic carbocycles. The van der Waals surface area contributed by atoms with Crippen LogP contribution in [-0.4, -0.2) is 48.9 Å². The van der Waals surface area contributed by atoms with Crippen LogP contribution in [0.1, 0.15) is 75.0 Å². The van der Waals surface area contributed by atoms with E-state index in [1.807, 2.05) is 25.2 Å². The summed E-state index contributed by atoms with van der Waals surface area (Å²) in [7, 11) is 1.94. The topological polar surface area (TPSA) is 117 Å². The second-order valence-electron chi connectivity index (χ2n) is 17.4. The Morgan fingerprint density at radius 1 is 0.914 bits per heavy atom. The van der Waals surface area contributed by atoms with Gasteiger partial charge in [0, 0.05) is 30.2 Å². The maximum Gasteiger partial charge on any atom is 0.340 e. The quantitative estimate of drug-likeness (QED) is 0.136. The number of esters is 2. The van der Waals surface area contributed by atoms with E-state index in [-0.39, 0.29) is 53.9 Å². The lowest BCUT2D eigenvalue weighted by atomic mass is 9.44. The standard InChI is InChI=1S/C50H56N2O6/c1-3-30(24-31-8-5-4-6-9-31)26-43-50-21-18-38(39-15-16-40-42(57-48(55)45(40)46(39)50)17-12-35(29-53)33-19-22-52-23-20-33)44(47(50)49(56)58-43)41-27-36(54)13-14-37(41)34-11-7-10-32(25-34)28-51-2/h4-11,13-14,17,25-27,30,33,35,38-39,46,51-54H,3,12,15-16,18-24,28-29H2,1-2H3. The van der Waals surface area contributed by atoms with Crippen molar-refractivity contribution in [2.24, 2.45) is 40.9 Å². The minimum absolute atomic E-state index is 0.0188. The van der Waals surface area contributed by atoms with Gasteiger partial charge in [-0.25, -0.2) is 9.59 Å². The smallest absolute Gasteiger partial charge is 0.340 e. The summed E-state index contributed by atoms with van der Waals surface area (Å²) in [5.41, 5.74) is 7.64. The molecule has 3 aliphatic heterocycles. The lowest BCUT2D eigenvalue weighted by Crippen LogP contribution is -2.52. The normalized spacial score (nSPS) is 27.7. The molecular formula is C50H56N2O6. The van der Waals surface area contributed by atoms with Crippen LogP contribution in [0.2, 0.25) is 0 Å². The molecule has 4 aliphatic carbocycles. The fourth-order valence-electron chi connectivity index (χ4n) is 11.7. The van der Waals surface area contributed by atoms with Gasteiger partial charge in [-0.2, -0.15) is 0 Å². The lowest BCUT2D eigenvalue weighted by Gasteiger charge is -2.56. The first kappa shape index (κ1) is 38.7. The molecule has 302 valence electrons. The van der Waals surface area contributed by atoms with Gasteiger partial charge >= 0.3 is 11.9 Å². The molecule has 4 N–H and O–H groups in total. The van der Waals surface area contributed by atoms with Crippen LogP contribution < -0.4 is 10.6 Å². The zero-order valence-corrected chi connectivity index (χ0v) is 33.8. The van der Waals surface area contributed by atoms with Crippen molar-refractivity contribution in [1.82, 2.24) is 10.6 Å². The maximum atomic E-state index is 14.8. The first-order valence-electron chi connectivity index (χ1n) is 21.6. The molecule has 2 bridgehead atoms. The van der Waals surface area contributed by atoms with Crippen molar-refractivity contribution in [3.05, 3.63) is 130 Å². The van der Waals surface area contributed by atoms with Gasteiger partial charge in [0.1, 0.15) is 17.3 Å². The summed E-state index contributed by atoms with van der Waals surface area (Å²) in [4.78, 5) is 29.2. The molecule has 1 saturated carbocycles. The van der Waals surface area contributed by atoms with E-state index in [0.29, 0.717) is 47.8 Å². The minimum atomic E-state index is -0.856. The zero-order chi connectivity index (χ0) is 40.0. The van der Waals surface area contributed by atoms with E-state index in [1.54, 1.807) is 6.07 Å². The predicted molar refractivity (Wildman–Crippen MR) is 225 cm³/mol. The Morgan fingerprint density at radius 2 is 1.72 bits per heavy atom. The van der Waals surface area contributed by atoms with Crippen molar-refractivity contribution in [2.45, 2.75) is 71.3 Å². The number of piperidine rings is 1. The number of phenolic OH excluding ortho intramolecular Hbond substituents is 1. The van der Waals surface area contributed by atoms with E-state index < -0.39 is 5.41 Å². The van der Waals surface area contributed by atoms with Crippen LogP contribution in [0.5, 0.6) is 5.75 Å². The second kappa shape index (κ2) is 16.1. The Balaban J connectivity index is 1.21. The SMILES string of the molecule is CCC(C=C1OC(=O)C2=C(c3cc(O)ccc3-c3cccc(CNC)c3)C3CCC12C1C2=C(CCC31)C(=CCC(CO)C1CCNCC1)OC2=O)Cc1ccccc1. The number of phenols is 1. The fourth-order valence-corrected chi connectivity index (χ4v) is 11.7. The highest BCUT2D eigenvalue weighted by Gasteiger charge is 2.68. The summed E-state index contributed by atoms with van der Waals surface area (Å²) in [6.45, 7) is 4.92.